The van der Waals surface area contributed by atoms with E-state index in [4.69, 9.17) is 4.74 Å². The second-order valence-electron chi connectivity index (χ2n) is 8.05. The summed E-state index contributed by atoms with van der Waals surface area (Å²) < 4.78 is 5.58. The summed E-state index contributed by atoms with van der Waals surface area (Å²) >= 11 is 0. The molecule has 0 aromatic heterocycles. The summed E-state index contributed by atoms with van der Waals surface area (Å²) in [5.41, 5.74) is 2.40. The zero-order valence-corrected chi connectivity index (χ0v) is 19.7. The maximum atomic E-state index is 13.6. The van der Waals surface area contributed by atoms with Gasteiger partial charge in [-0.05, 0) is 31.0 Å². The highest BCUT2D eigenvalue weighted by Gasteiger charge is 2.35. The van der Waals surface area contributed by atoms with E-state index in [0.29, 0.717) is 5.91 Å². The molecule has 5 nitrogen and oxygen atoms in total. The molecule has 7 heteroatoms. The fourth-order valence-corrected chi connectivity index (χ4v) is 4.66. The van der Waals surface area contributed by atoms with Gasteiger partial charge in [-0.3, -0.25) is 9.69 Å². The van der Waals surface area contributed by atoms with E-state index >= 15 is 0 Å². The summed E-state index contributed by atoms with van der Waals surface area (Å²) in [5, 5.41) is 3.45. The average molecular weight is 466 g/mol. The number of piperidine rings is 1. The van der Waals surface area contributed by atoms with Crippen LogP contribution in [0.5, 0.6) is 5.75 Å². The van der Waals surface area contributed by atoms with Crippen LogP contribution in [0, 0.1) is 5.92 Å². The molecule has 0 bridgehead atoms. The molecule has 0 aliphatic carbocycles. The predicted octanol–water partition coefficient (Wildman–Crippen LogP) is 3.92. The molecular weight excluding hydrogens is 433 g/mol. The molecule has 4 rings (SSSR count). The van der Waals surface area contributed by atoms with Crippen LogP contribution in [0.2, 0.25) is 0 Å². The zero-order valence-electron chi connectivity index (χ0n) is 18.0. The highest BCUT2D eigenvalue weighted by molar-refractivity contribution is 5.85. The molecule has 1 amide bonds. The van der Waals surface area contributed by atoms with Gasteiger partial charge in [-0.1, -0.05) is 48.5 Å². The van der Waals surface area contributed by atoms with Gasteiger partial charge in [0.25, 0.3) is 0 Å². The van der Waals surface area contributed by atoms with Gasteiger partial charge in [0.2, 0.25) is 5.91 Å². The highest BCUT2D eigenvalue weighted by atomic mass is 35.5. The Balaban J connectivity index is 0.00000171. The molecule has 0 spiro atoms. The van der Waals surface area contributed by atoms with Gasteiger partial charge in [0.05, 0.1) is 19.1 Å². The number of nitrogens with zero attached hydrogens (tertiary/aromatic N) is 2. The van der Waals surface area contributed by atoms with Crippen LogP contribution in [-0.2, 0) is 11.3 Å². The maximum Gasteiger partial charge on any atom is 0.227 e. The molecule has 0 saturated carbocycles. The SMILES string of the molecule is COc1ccccc1C1CNCCN1C(=O)C1CCCN(Cc2ccccc2)C1.Cl.Cl. The first kappa shape index (κ1) is 25.5. The summed E-state index contributed by atoms with van der Waals surface area (Å²) in [6.07, 6.45) is 2.06. The number of benzene rings is 2. The van der Waals surface area contributed by atoms with Gasteiger partial charge in [-0.2, -0.15) is 0 Å². The van der Waals surface area contributed by atoms with Gasteiger partial charge in [0.1, 0.15) is 5.75 Å². The van der Waals surface area contributed by atoms with Crippen molar-refractivity contribution < 1.29 is 9.53 Å². The smallest absolute Gasteiger partial charge is 0.227 e. The number of amides is 1. The minimum absolute atomic E-state index is 0. The Morgan fingerprint density at radius 1 is 1.06 bits per heavy atom. The number of methoxy groups -OCH3 is 1. The molecule has 1 N–H and O–H groups in total. The molecule has 2 heterocycles. The van der Waals surface area contributed by atoms with Gasteiger partial charge >= 0.3 is 0 Å². The Bertz CT molecular complexity index is 821. The molecule has 31 heavy (non-hydrogen) atoms. The summed E-state index contributed by atoms with van der Waals surface area (Å²) in [7, 11) is 1.70. The van der Waals surface area contributed by atoms with Crippen LogP contribution >= 0.6 is 24.8 Å². The van der Waals surface area contributed by atoms with Gasteiger partial charge in [0.15, 0.2) is 0 Å². The van der Waals surface area contributed by atoms with E-state index in [1.807, 2.05) is 18.2 Å². The van der Waals surface area contributed by atoms with Crippen molar-refractivity contribution in [2.75, 3.05) is 39.8 Å². The molecule has 170 valence electrons. The largest absolute Gasteiger partial charge is 0.496 e. The number of halogens is 2. The van der Waals surface area contributed by atoms with Gasteiger partial charge in [-0.25, -0.2) is 0 Å². The monoisotopic (exact) mass is 465 g/mol. The number of hydrogen-bond donors (Lipinski definition) is 1. The Labute approximate surface area is 198 Å². The molecule has 2 saturated heterocycles. The van der Waals surface area contributed by atoms with Crippen LogP contribution in [0.3, 0.4) is 0 Å². The molecule has 2 aromatic rings. The Morgan fingerprint density at radius 3 is 2.58 bits per heavy atom. The highest BCUT2D eigenvalue weighted by Crippen LogP contribution is 2.32. The number of nitrogens with one attached hydrogen (secondary N) is 1. The first-order valence-electron chi connectivity index (χ1n) is 10.7. The number of ether oxygens (including phenoxy) is 1. The van der Waals surface area contributed by atoms with Crippen LogP contribution in [0.1, 0.15) is 30.0 Å². The van der Waals surface area contributed by atoms with E-state index in [0.717, 1.165) is 63.4 Å². The zero-order chi connectivity index (χ0) is 20.1. The molecule has 2 fully saturated rings. The first-order chi connectivity index (χ1) is 14.3. The second kappa shape index (κ2) is 12.3. The van der Waals surface area contributed by atoms with E-state index < -0.39 is 0 Å². The minimum atomic E-state index is 0. The molecule has 2 aromatic carbocycles. The lowest BCUT2D eigenvalue weighted by molar-refractivity contribution is -0.141. The third kappa shape index (κ3) is 6.13. The lowest BCUT2D eigenvalue weighted by Gasteiger charge is -2.41. The number of carbonyl (C=O) groups excluding carboxylic acids is 1. The number of likely N-dealkylation sites (tertiary alicyclic amines) is 1. The normalized spacial score (nSPS) is 21.5. The summed E-state index contributed by atoms with van der Waals surface area (Å²) in [5.74, 6) is 1.22. The van der Waals surface area contributed by atoms with Crippen molar-refractivity contribution in [1.29, 1.82) is 0 Å². The van der Waals surface area contributed by atoms with Crippen molar-refractivity contribution in [2.45, 2.75) is 25.4 Å². The molecule has 2 unspecified atom stereocenters. The van der Waals surface area contributed by atoms with Crippen LogP contribution in [0.15, 0.2) is 54.6 Å². The molecule has 0 radical (unpaired) electrons. The van der Waals surface area contributed by atoms with Crippen molar-refractivity contribution in [1.82, 2.24) is 15.1 Å². The van der Waals surface area contributed by atoms with Crippen LogP contribution < -0.4 is 10.1 Å². The summed E-state index contributed by atoms with van der Waals surface area (Å²) in [6.45, 7) is 5.19. The molecule has 2 atom stereocenters. The number of para-hydroxylation sites is 1. The van der Waals surface area contributed by atoms with Crippen molar-refractivity contribution in [3.8, 4) is 5.75 Å². The minimum Gasteiger partial charge on any atom is -0.496 e. The molecular formula is C24H33Cl2N3O2. The molecule has 2 aliphatic heterocycles. The lowest BCUT2D eigenvalue weighted by atomic mass is 9.93. The molecule has 2 aliphatic rings. The van der Waals surface area contributed by atoms with Gasteiger partial charge in [-0.15, -0.1) is 24.8 Å². The first-order valence-corrected chi connectivity index (χ1v) is 10.7. The van der Waals surface area contributed by atoms with Crippen molar-refractivity contribution in [2.24, 2.45) is 5.92 Å². The van der Waals surface area contributed by atoms with E-state index in [2.05, 4.69) is 51.5 Å². The number of hydrogen-bond acceptors (Lipinski definition) is 4. The summed E-state index contributed by atoms with van der Waals surface area (Å²) in [4.78, 5) is 18.1. The fraction of sp³-hybridized carbons (Fsp3) is 0.458. The van der Waals surface area contributed by atoms with Gasteiger partial charge < -0.3 is 15.0 Å². The standard InChI is InChI=1S/C24H31N3O2.2ClH/c1-29-23-12-6-5-11-21(23)22-16-25-13-15-27(22)24(28)20-10-7-14-26(18-20)17-19-8-3-2-4-9-19;;/h2-6,8-9,11-12,20,22,25H,7,10,13-18H2,1H3;2*1H. The Morgan fingerprint density at radius 2 is 1.81 bits per heavy atom. The van der Waals surface area contributed by atoms with E-state index in [1.54, 1.807) is 7.11 Å². The third-order valence-corrected chi connectivity index (χ3v) is 6.13. The number of piperazine rings is 1. The number of carbonyl (C=O) groups is 1. The topological polar surface area (TPSA) is 44.8 Å². The average Bonchev–Trinajstić information content (AvgIpc) is 2.79. The fourth-order valence-electron chi connectivity index (χ4n) is 4.66. The Kier molecular flexibility index (Phi) is 10.1. The Hall–Kier alpha value is -1.79. The van der Waals surface area contributed by atoms with Crippen LogP contribution in [-0.4, -0.2) is 55.5 Å². The second-order valence-corrected chi connectivity index (χ2v) is 8.05. The van der Waals surface area contributed by atoms with Crippen molar-refractivity contribution in [3.63, 3.8) is 0 Å². The van der Waals surface area contributed by atoms with Crippen molar-refractivity contribution >= 4 is 30.7 Å². The van der Waals surface area contributed by atoms with E-state index in [1.165, 1.54) is 5.56 Å². The predicted molar refractivity (Wildman–Crippen MR) is 129 cm³/mol. The third-order valence-electron chi connectivity index (χ3n) is 6.13. The van der Waals surface area contributed by atoms with Crippen LogP contribution in [0.4, 0.5) is 0 Å². The van der Waals surface area contributed by atoms with E-state index in [9.17, 15) is 4.79 Å². The van der Waals surface area contributed by atoms with E-state index in [-0.39, 0.29) is 36.8 Å². The van der Waals surface area contributed by atoms with Crippen molar-refractivity contribution in [3.05, 3.63) is 65.7 Å². The number of rotatable bonds is 5. The van der Waals surface area contributed by atoms with Crippen LogP contribution in [0.25, 0.3) is 0 Å². The van der Waals surface area contributed by atoms with Gasteiger partial charge in [0, 0.05) is 38.3 Å². The quantitative estimate of drug-likeness (QED) is 0.726. The lowest BCUT2D eigenvalue weighted by Crippen LogP contribution is -2.52. The maximum absolute atomic E-state index is 13.6. The summed E-state index contributed by atoms with van der Waals surface area (Å²) in [6, 6.07) is 18.6.